The van der Waals surface area contributed by atoms with Crippen molar-refractivity contribution >= 4 is 17.9 Å². The molecule has 0 unspecified atom stereocenters. The number of hydrogen-bond acceptors (Lipinski definition) is 4. The van der Waals surface area contributed by atoms with E-state index in [0.29, 0.717) is 5.75 Å². The van der Waals surface area contributed by atoms with Gasteiger partial charge in [0.05, 0.1) is 16.7 Å². The van der Waals surface area contributed by atoms with Gasteiger partial charge in [0.25, 0.3) is 0 Å². The van der Waals surface area contributed by atoms with Gasteiger partial charge in [-0.25, -0.2) is 14.4 Å². The Hall–Kier alpha value is -3.15. The lowest BCUT2D eigenvalue weighted by Crippen LogP contribution is -2.13. The van der Waals surface area contributed by atoms with Gasteiger partial charge in [0, 0.05) is 0 Å². The Balaban J connectivity index is 2.32. The van der Waals surface area contributed by atoms with E-state index in [1.54, 1.807) is 30.3 Å². The van der Waals surface area contributed by atoms with Gasteiger partial charge >= 0.3 is 17.9 Å². The van der Waals surface area contributed by atoms with Crippen LogP contribution in [0.25, 0.3) is 0 Å². The molecule has 6 nitrogen and oxygen atoms in total. The van der Waals surface area contributed by atoms with Gasteiger partial charge in [-0.15, -0.1) is 0 Å². The van der Waals surface area contributed by atoms with Gasteiger partial charge < -0.3 is 14.9 Å². The molecule has 0 fully saturated rings. The molecule has 2 N–H and O–H groups in total. The number of para-hydroxylation sites is 1. The smallest absolute Gasteiger partial charge is 0.343 e. The predicted molar refractivity (Wildman–Crippen MR) is 71.8 cm³/mol. The molecule has 0 radical (unpaired) electrons. The summed E-state index contributed by atoms with van der Waals surface area (Å²) in [5, 5.41) is 17.9. The van der Waals surface area contributed by atoms with E-state index in [9.17, 15) is 14.4 Å². The Morgan fingerprint density at radius 2 is 1.43 bits per heavy atom. The SMILES string of the molecule is O=C(Oc1ccccc1)c1ccc(C(=O)O)c(C(=O)O)c1. The van der Waals surface area contributed by atoms with Gasteiger partial charge in [0.15, 0.2) is 0 Å². The molecule has 21 heavy (non-hydrogen) atoms. The highest BCUT2D eigenvalue weighted by atomic mass is 16.5. The van der Waals surface area contributed by atoms with Gasteiger partial charge in [-0.05, 0) is 30.3 Å². The third-order valence-electron chi connectivity index (χ3n) is 2.67. The van der Waals surface area contributed by atoms with Crippen LogP contribution in [-0.4, -0.2) is 28.1 Å². The molecule has 0 heterocycles. The van der Waals surface area contributed by atoms with Crippen LogP contribution in [0.2, 0.25) is 0 Å². The summed E-state index contributed by atoms with van der Waals surface area (Å²) in [5.74, 6) is -3.26. The predicted octanol–water partition coefficient (Wildman–Crippen LogP) is 2.30. The number of carbonyl (C=O) groups is 3. The van der Waals surface area contributed by atoms with E-state index in [-0.39, 0.29) is 5.56 Å². The van der Waals surface area contributed by atoms with E-state index in [0.717, 1.165) is 12.1 Å². The van der Waals surface area contributed by atoms with Crippen LogP contribution >= 0.6 is 0 Å². The minimum absolute atomic E-state index is 0.0405. The van der Waals surface area contributed by atoms with E-state index >= 15 is 0 Å². The van der Waals surface area contributed by atoms with E-state index in [2.05, 4.69) is 0 Å². The second kappa shape index (κ2) is 5.87. The summed E-state index contributed by atoms with van der Waals surface area (Å²) in [4.78, 5) is 33.9. The summed E-state index contributed by atoms with van der Waals surface area (Å²) >= 11 is 0. The number of carbonyl (C=O) groups excluding carboxylic acids is 1. The number of hydrogen-bond donors (Lipinski definition) is 2. The van der Waals surface area contributed by atoms with Crippen molar-refractivity contribution in [3.63, 3.8) is 0 Å². The van der Waals surface area contributed by atoms with Gasteiger partial charge in [-0.2, -0.15) is 0 Å². The zero-order chi connectivity index (χ0) is 15.4. The third-order valence-corrected chi connectivity index (χ3v) is 2.67. The molecule has 0 saturated carbocycles. The van der Waals surface area contributed by atoms with Crippen molar-refractivity contribution in [2.24, 2.45) is 0 Å². The first-order valence-corrected chi connectivity index (χ1v) is 5.87. The standard InChI is InChI=1S/C15H10O6/c16-13(17)11-7-6-9(8-12(11)14(18)19)15(20)21-10-4-2-1-3-5-10/h1-8H,(H,16,17)(H,18,19). The molecule has 0 bridgehead atoms. The Morgan fingerprint density at radius 3 is 2.00 bits per heavy atom. The third kappa shape index (κ3) is 3.24. The molecule has 0 atom stereocenters. The molecule has 2 aromatic carbocycles. The van der Waals surface area contributed by atoms with Crippen molar-refractivity contribution < 1.29 is 29.3 Å². The van der Waals surface area contributed by atoms with Crippen LogP contribution in [0.3, 0.4) is 0 Å². The van der Waals surface area contributed by atoms with Crippen LogP contribution < -0.4 is 4.74 Å². The van der Waals surface area contributed by atoms with Crippen LogP contribution in [-0.2, 0) is 0 Å². The van der Waals surface area contributed by atoms with E-state index in [1.807, 2.05) is 0 Å². The summed E-state index contributed by atoms with van der Waals surface area (Å²) in [5.41, 5.74) is -0.898. The molecular formula is C15H10O6. The average molecular weight is 286 g/mol. The molecule has 0 aliphatic rings. The highest BCUT2D eigenvalue weighted by Crippen LogP contribution is 2.16. The van der Waals surface area contributed by atoms with E-state index < -0.39 is 29.0 Å². The Labute approximate surface area is 119 Å². The highest BCUT2D eigenvalue weighted by molar-refractivity contribution is 6.04. The van der Waals surface area contributed by atoms with Crippen LogP contribution in [0.1, 0.15) is 31.1 Å². The highest BCUT2D eigenvalue weighted by Gasteiger charge is 2.19. The number of carboxylic acids is 2. The average Bonchev–Trinajstić information content (AvgIpc) is 2.47. The minimum atomic E-state index is -1.43. The monoisotopic (exact) mass is 286 g/mol. The molecule has 106 valence electrons. The fourth-order valence-corrected chi connectivity index (χ4v) is 1.69. The number of ether oxygens (including phenoxy) is 1. The van der Waals surface area contributed by atoms with E-state index in [1.165, 1.54) is 6.07 Å². The van der Waals surface area contributed by atoms with Crippen molar-refractivity contribution in [1.82, 2.24) is 0 Å². The quantitative estimate of drug-likeness (QED) is 0.660. The van der Waals surface area contributed by atoms with Crippen LogP contribution in [0.5, 0.6) is 5.75 Å². The summed E-state index contributed by atoms with van der Waals surface area (Å²) < 4.78 is 5.06. The summed E-state index contributed by atoms with van der Waals surface area (Å²) in [6, 6.07) is 11.5. The maximum atomic E-state index is 11.9. The fraction of sp³-hybridized carbons (Fsp3) is 0. The first-order chi connectivity index (χ1) is 9.99. The maximum Gasteiger partial charge on any atom is 0.343 e. The zero-order valence-electron chi connectivity index (χ0n) is 10.6. The summed E-state index contributed by atoms with van der Waals surface area (Å²) in [7, 11) is 0. The lowest BCUT2D eigenvalue weighted by atomic mass is 10.0. The first-order valence-electron chi connectivity index (χ1n) is 5.87. The van der Waals surface area contributed by atoms with Crippen molar-refractivity contribution in [3.05, 3.63) is 65.2 Å². The number of aromatic carboxylic acids is 2. The molecule has 0 aromatic heterocycles. The molecule has 0 aliphatic carbocycles. The first kappa shape index (κ1) is 14.3. The van der Waals surface area contributed by atoms with Gasteiger partial charge in [-0.1, -0.05) is 18.2 Å². The Kier molecular flexibility index (Phi) is 3.99. The molecule has 6 heteroatoms. The van der Waals surface area contributed by atoms with E-state index in [4.69, 9.17) is 14.9 Å². The number of benzene rings is 2. The van der Waals surface area contributed by atoms with Gasteiger partial charge in [0.1, 0.15) is 5.75 Å². The number of esters is 1. The summed E-state index contributed by atoms with van der Waals surface area (Å²) in [6.45, 7) is 0. The van der Waals surface area contributed by atoms with Crippen molar-refractivity contribution in [1.29, 1.82) is 0 Å². The Bertz CT molecular complexity index is 705. The Morgan fingerprint density at radius 1 is 0.810 bits per heavy atom. The fourth-order valence-electron chi connectivity index (χ4n) is 1.69. The topological polar surface area (TPSA) is 101 Å². The zero-order valence-corrected chi connectivity index (χ0v) is 10.6. The number of carboxylic acid groups (broad SMARTS) is 2. The van der Waals surface area contributed by atoms with Crippen LogP contribution in [0, 0.1) is 0 Å². The second-order valence-corrected chi connectivity index (χ2v) is 4.07. The van der Waals surface area contributed by atoms with Gasteiger partial charge in [-0.3, -0.25) is 0 Å². The van der Waals surface area contributed by atoms with Crippen molar-refractivity contribution in [2.45, 2.75) is 0 Å². The molecule has 0 saturated heterocycles. The van der Waals surface area contributed by atoms with Crippen molar-refractivity contribution in [2.75, 3.05) is 0 Å². The van der Waals surface area contributed by atoms with Gasteiger partial charge in [0.2, 0.25) is 0 Å². The normalized spacial score (nSPS) is 9.90. The number of rotatable bonds is 4. The minimum Gasteiger partial charge on any atom is -0.478 e. The molecule has 2 aromatic rings. The molecular weight excluding hydrogens is 276 g/mol. The molecule has 2 rings (SSSR count). The van der Waals surface area contributed by atoms with Crippen LogP contribution in [0.15, 0.2) is 48.5 Å². The molecule has 0 aliphatic heterocycles. The lowest BCUT2D eigenvalue weighted by molar-refractivity contribution is 0.0650. The van der Waals surface area contributed by atoms with Crippen LogP contribution in [0.4, 0.5) is 0 Å². The lowest BCUT2D eigenvalue weighted by Gasteiger charge is -2.06. The summed E-state index contributed by atoms with van der Waals surface area (Å²) in [6.07, 6.45) is 0. The largest absolute Gasteiger partial charge is 0.478 e. The maximum absolute atomic E-state index is 11.9. The molecule has 0 amide bonds. The molecule has 0 spiro atoms. The van der Waals surface area contributed by atoms with Crippen molar-refractivity contribution in [3.8, 4) is 5.75 Å². The second-order valence-electron chi connectivity index (χ2n) is 4.07.